The average molecular weight is 328 g/mol. The van der Waals surface area contributed by atoms with Crippen LogP contribution in [0.25, 0.3) is 5.78 Å². The molecule has 8 heteroatoms. The predicted molar refractivity (Wildman–Crippen MR) is 88.1 cm³/mol. The zero-order valence-corrected chi connectivity index (χ0v) is 13.6. The molecule has 0 aliphatic rings. The maximum Gasteiger partial charge on any atom is 0.272 e. The maximum absolute atomic E-state index is 13.3. The van der Waals surface area contributed by atoms with Gasteiger partial charge in [0.25, 0.3) is 11.7 Å². The van der Waals surface area contributed by atoms with Crippen LogP contribution in [0.1, 0.15) is 18.7 Å². The third kappa shape index (κ3) is 3.48. The molecule has 1 aromatic carbocycles. The van der Waals surface area contributed by atoms with E-state index in [0.717, 1.165) is 5.69 Å². The predicted octanol–water partition coefficient (Wildman–Crippen LogP) is 2.62. The lowest BCUT2D eigenvalue weighted by Crippen LogP contribution is -2.10. The summed E-state index contributed by atoms with van der Waals surface area (Å²) >= 11 is 0. The summed E-state index contributed by atoms with van der Waals surface area (Å²) in [6.45, 7) is 1.85. The van der Waals surface area contributed by atoms with E-state index in [1.807, 2.05) is 21.0 Å². The minimum atomic E-state index is -0.371. The van der Waals surface area contributed by atoms with Gasteiger partial charge in [-0.15, -0.1) is 5.10 Å². The van der Waals surface area contributed by atoms with Crippen molar-refractivity contribution >= 4 is 18.1 Å². The molecule has 0 spiro atoms. The summed E-state index contributed by atoms with van der Waals surface area (Å²) in [5.41, 5.74) is 0.739. The molecular weight excluding hydrogens is 311 g/mol. The molecule has 7 nitrogen and oxygen atoms in total. The van der Waals surface area contributed by atoms with Crippen LogP contribution in [-0.2, 0) is 0 Å². The lowest BCUT2D eigenvalue weighted by atomic mass is 10.2. The van der Waals surface area contributed by atoms with Crippen LogP contribution in [0.2, 0.25) is 0 Å². The number of hydrogen-bond acceptors (Lipinski definition) is 5. The van der Waals surface area contributed by atoms with Crippen molar-refractivity contribution in [2.24, 2.45) is 4.99 Å². The number of ether oxygens (including phenoxy) is 1. The summed E-state index contributed by atoms with van der Waals surface area (Å²) < 4.78 is 20.7. The van der Waals surface area contributed by atoms with Crippen molar-refractivity contribution in [3.8, 4) is 5.75 Å². The highest BCUT2D eigenvalue weighted by atomic mass is 19.1. The van der Waals surface area contributed by atoms with Crippen LogP contribution < -0.4 is 4.74 Å². The molecule has 0 N–H and O–H groups in total. The Bertz CT molecular complexity index is 876. The van der Waals surface area contributed by atoms with Crippen molar-refractivity contribution in [2.75, 3.05) is 14.1 Å². The first-order chi connectivity index (χ1) is 11.5. The molecule has 0 saturated heterocycles. The van der Waals surface area contributed by atoms with E-state index >= 15 is 0 Å². The zero-order valence-electron chi connectivity index (χ0n) is 13.6. The Balaban J connectivity index is 1.90. The lowest BCUT2D eigenvalue weighted by Gasteiger charge is -2.15. The molecule has 2 heterocycles. The Kier molecular flexibility index (Phi) is 4.37. The fourth-order valence-electron chi connectivity index (χ4n) is 2.14. The van der Waals surface area contributed by atoms with Crippen LogP contribution >= 0.6 is 0 Å². The number of nitrogens with zero attached hydrogens (tertiary/aromatic N) is 6. The molecule has 124 valence electrons. The molecule has 1 atom stereocenters. The third-order valence-corrected chi connectivity index (χ3v) is 3.19. The van der Waals surface area contributed by atoms with E-state index < -0.39 is 0 Å². The number of benzene rings is 1. The van der Waals surface area contributed by atoms with E-state index in [0.29, 0.717) is 17.5 Å². The molecule has 2 aromatic heterocycles. The Morgan fingerprint density at radius 1 is 1.33 bits per heavy atom. The van der Waals surface area contributed by atoms with Crippen LogP contribution in [0, 0.1) is 5.82 Å². The number of fused-ring (bicyclic) bond motifs is 1. The van der Waals surface area contributed by atoms with Gasteiger partial charge in [0.05, 0.1) is 12.0 Å². The molecule has 0 aliphatic carbocycles. The molecule has 0 aliphatic heterocycles. The molecule has 1 unspecified atom stereocenters. The molecule has 3 rings (SSSR count). The molecule has 3 aromatic rings. The first-order valence-corrected chi connectivity index (χ1v) is 7.37. The van der Waals surface area contributed by atoms with E-state index in [-0.39, 0.29) is 11.9 Å². The smallest absolute Gasteiger partial charge is 0.272 e. The van der Waals surface area contributed by atoms with Gasteiger partial charge >= 0.3 is 0 Å². The molecule has 0 bridgehead atoms. The number of halogens is 1. The second-order valence-electron chi connectivity index (χ2n) is 5.42. The molecular formula is C16H17FN6O. The van der Waals surface area contributed by atoms with Gasteiger partial charge < -0.3 is 9.64 Å². The monoisotopic (exact) mass is 328 g/mol. The first kappa shape index (κ1) is 15.9. The van der Waals surface area contributed by atoms with Crippen LogP contribution in [0.3, 0.4) is 0 Å². The Morgan fingerprint density at radius 3 is 2.92 bits per heavy atom. The van der Waals surface area contributed by atoms with Gasteiger partial charge in [-0.1, -0.05) is 6.07 Å². The number of rotatable bonds is 5. The topological polar surface area (TPSA) is 67.9 Å². The minimum absolute atomic E-state index is 0.307. The Hall–Kier alpha value is -3.03. The summed E-state index contributed by atoms with van der Waals surface area (Å²) in [7, 11) is 3.72. The quantitative estimate of drug-likeness (QED) is 0.532. The van der Waals surface area contributed by atoms with Crippen LogP contribution in [-0.4, -0.2) is 44.9 Å². The Labute approximate surface area is 138 Å². The second-order valence-corrected chi connectivity index (χ2v) is 5.42. The van der Waals surface area contributed by atoms with Crippen LogP contribution in [0.5, 0.6) is 5.75 Å². The first-order valence-electron chi connectivity index (χ1n) is 7.37. The van der Waals surface area contributed by atoms with Crippen molar-refractivity contribution in [3.63, 3.8) is 0 Å². The van der Waals surface area contributed by atoms with E-state index in [2.05, 4.69) is 20.1 Å². The van der Waals surface area contributed by atoms with Crippen molar-refractivity contribution < 1.29 is 9.13 Å². The maximum atomic E-state index is 13.3. The van der Waals surface area contributed by atoms with Gasteiger partial charge in [0, 0.05) is 26.4 Å². The second kappa shape index (κ2) is 6.61. The standard InChI is InChI=1S/C16H17FN6O/c1-11(24-13-6-4-5-12(17)9-13)14-7-8-18-16-20-15(21-23(14)16)19-10-22(2)3/h4-11H,1-3H3/b19-10+. The van der Waals surface area contributed by atoms with E-state index in [4.69, 9.17) is 4.74 Å². The van der Waals surface area contributed by atoms with E-state index in [1.165, 1.54) is 12.1 Å². The highest BCUT2D eigenvalue weighted by Gasteiger charge is 2.15. The summed E-state index contributed by atoms with van der Waals surface area (Å²) in [5.74, 6) is 0.828. The van der Waals surface area contributed by atoms with E-state index in [1.54, 1.807) is 40.1 Å². The highest BCUT2D eigenvalue weighted by molar-refractivity contribution is 5.58. The minimum Gasteiger partial charge on any atom is -0.484 e. The van der Waals surface area contributed by atoms with Gasteiger partial charge in [0.15, 0.2) is 0 Å². The number of hydrogen-bond donors (Lipinski definition) is 0. The summed E-state index contributed by atoms with van der Waals surface area (Å²) in [6.07, 6.45) is 2.87. The van der Waals surface area contributed by atoms with E-state index in [9.17, 15) is 4.39 Å². The summed E-state index contributed by atoms with van der Waals surface area (Å²) in [4.78, 5) is 14.4. The largest absolute Gasteiger partial charge is 0.484 e. The van der Waals surface area contributed by atoms with Gasteiger partial charge in [-0.25, -0.2) is 14.4 Å². The summed E-state index contributed by atoms with van der Waals surface area (Å²) in [6, 6.07) is 7.79. The van der Waals surface area contributed by atoms with Gasteiger partial charge in [0.2, 0.25) is 0 Å². The molecule has 0 radical (unpaired) electrons. The zero-order chi connectivity index (χ0) is 17.1. The van der Waals surface area contributed by atoms with Crippen molar-refractivity contribution in [1.29, 1.82) is 0 Å². The van der Waals surface area contributed by atoms with Crippen molar-refractivity contribution in [3.05, 3.63) is 48.0 Å². The van der Waals surface area contributed by atoms with Gasteiger partial charge in [-0.05, 0) is 25.1 Å². The molecule has 0 fully saturated rings. The fourth-order valence-corrected chi connectivity index (χ4v) is 2.14. The lowest BCUT2D eigenvalue weighted by molar-refractivity contribution is 0.218. The number of aliphatic imine (C=N–C) groups is 1. The van der Waals surface area contributed by atoms with Crippen LogP contribution in [0.4, 0.5) is 10.3 Å². The molecule has 0 saturated carbocycles. The van der Waals surface area contributed by atoms with Gasteiger partial charge in [0.1, 0.15) is 17.7 Å². The SMILES string of the molecule is CC(Oc1cccc(F)c1)c1ccnc2nc(/N=C/N(C)C)nn12. The molecule has 0 amide bonds. The number of aromatic nitrogens is 4. The van der Waals surface area contributed by atoms with Crippen LogP contribution in [0.15, 0.2) is 41.5 Å². The fraction of sp³-hybridized carbons (Fsp3) is 0.250. The normalized spacial score (nSPS) is 12.7. The van der Waals surface area contributed by atoms with Crippen molar-refractivity contribution in [1.82, 2.24) is 24.5 Å². The van der Waals surface area contributed by atoms with Crippen molar-refractivity contribution in [2.45, 2.75) is 13.0 Å². The van der Waals surface area contributed by atoms with Gasteiger partial charge in [-0.2, -0.15) is 9.50 Å². The Morgan fingerprint density at radius 2 is 2.17 bits per heavy atom. The third-order valence-electron chi connectivity index (χ3n) is 3.19. The summed E-state index contributed by atoms with van der Waals surface area (Å²) in [5, 5.41) is 4.33. The van der Waals surface area contributed by atoms with Gasteiger partial charge in [-0.3, -0.25) is 0 Å². The molecule has 24 heavy (non-hydrogen) atoms. The average Bonchev–Trinajstić information content (AvgIpc) is 2.95. The highest BCUT2D eigenvalue weighted by Crippen LogP contribution is 2.22.